The molecule has 1 aromatic heterocycles. The van der Waals surface area contributed by atoms with Gasteiger partial charge in [0, 0.05) is 13.2 Å². The van der Waals surface area contributed by atoms with Crippen molar-refractivity contribution in [3.8, 4) is 17.1 Å². The van der Waals surface area contributed by atoms with E-state index in [0.29, 0.717) is 22.2 Å². The van der Waals surface area contributed by atoms with Crippen LogP contribution in [0.4, 0.5) is 5.82 Å². The highest BCUT2D eigenvalue weighted by Crippen LogP contribution is 2.34. The summed E-state index contributed by atoms with van der Waals surface area (Å²) in [6.45, 7) is 0. The van der Waals surface area contributed by atoms with Crippen LogP contribution in [0.25, 0.3) is 11.4 Å². The van der Waals surface area contributed by atoms with E-state index in [0.717, 1.165) is 5.82 Å². The van der Waals surface area contributed by atoms with E-state index in [1.165, 1.54) is 0 Å². The number of halogens is 1. The van der Waals surface area contributed by atoms with Gasteiger partial charge in [-0.25, -0.2) is 9.97 Å². The van der Waals surface area contributed by atoms with Crippen molar-refractivity contribution in [2.45, 2.75) is 0 Å². The second-order valence-electron chi connectivity index (χ2n) is 3.33. The Balaban J connectivity index is 2.58. The van der Waals surface area contributed by atoms with Gasteiger partial charge in [-0.1, -0.05) is 17.7 Å². The number of benzene rings is 1. The zero-order valence-electron chi connectivity index (χ0n) is 9.57. The van der Waals surface area contributed by atoms with Gasteiger partial charge in [0.15, 0.2) is 5.82 Å². The van der Waals surface area contributed by atoms with E-state index in [9.17, 15) is 0 Å². The predicted octanol–water partition coefficient (Wildman–Crippen LogP) is 2.85. The topological polar surface area (TPSA) is 47.0 Å². The van der Waals surface area contributed by atoms with Gasteiger partial charge in [0.05, 0.1) is 17.7 Å². The lowest BCUT2D eigenvalue weighted by Gasteiger charge is -2.09. The summed E-state index contributed by atoms with van der Waals surface area (Å²) in [5.74, 6) is 1.93. The molecule has 0 aliphatic rings. The van der Waals surface area contributed by atoms with Crippen LogP contribution in [-0.2, 0) is 0 Å². The maximum Gasteiger partial charge on any atom is 0.166 e. The Morgan fingerprint density at radius 2 is 2.12 bits per heavy atom. The number of ether oxygens (including phenoxy) is 1. The largest absolute Gasteiger partial charge is 0.496 e. The molecule has 5 heteroatoms. The highest BCUT2D eigenvalue weighted by Gasteiger charge is 2.12. The maximum atomic E-state index is 6.16. The molecule has 2 aromatic rings. The Kier molecular flexibility index (Phi) is 3.44. The molecule has 1 aromatic carbocycles. The zero-order chi connectivity index (χ0) is 12.3. The normalized spacial score (nSPS) is 10.1. The summed E-state index contributed by atoms with van der Waals surface area (Å²) in [4.78, 5) is 8.56. The van der Waals surface area contributed by atoms with E-state index in [4.69, 9.17) is 16.3 Å². The number of methoxy groups -OCH3 is 1. The van der Waals surface area contributed by atoms with Crippen molar-refractivity contribution in [3.63, 3.8) is 0 Å². The van der Waals surface area contributed by atoms with E-state index >= 15 is 0 Å². The van der Waals surface area contributed by atoms with Crippen molar-refractivity contribution in [1.82, 2.24) is 9.97 Å². The minimum absolute atomic E-state index is 0.541. The number of nitrogens with one attached hydrogen (secondary N) is 1. The number of nitrogens with zero attached hydrogens (tertiary/aromatic N) is 2. The first-order valence-corrected chi connectivity index (χ1v) is 5.47. The molecular weight excluding hydrogens is 238 g/mol. The first-order chi connectivity index (χ1) is 8.26. The van der Waals surface area contributed by atoms with Gasteiger partial charge in [0.2, 0.25) is 0 Å². The van der Waals surface area contributed by atoms with Crippen molar-refractivity contribution >= 4 is 17.4 Å². The molecule has 0 saturated carbocycles. The molecule has 0 saturated heterocycles. The van der Waals surface area contributed by atoms with E-state index < -0.39 is 0 Å². The van der Waals surface area contributed by atoms with Crippen molar-refractivity contribution in [3.05, 3.63) is 35.5 Å². The molecule has 1 N–H and O–H groups in total. The maximum absolute atomic E-state index is 6.16. The van der Waals surface area contributed by atoms with Crippen LogP contribution in [0.5, 0.6) is 5.75 Å². The van der Waals surface area contributed by atoms with Crippen LogP contribution in [0.3, 0.4) is 0 Å². The summed E-state index contributed by atoms with van der Waals surface area (Å²) >= 11 is 6.16. The Morgan fingerprint density at radius 3 is 2.82 bits per heavy atom. The van der Waals surface area contributed by atoms with Crippen LogP contribution in [0, 0.1) is 0 Å². The highest BCUT2D eigenvalue weighted by atomic mass is 35.5. The summed E-state index contributed by atoms with van der Waals surface area (Å²) in [5, 5.41) is 3.53. The van der Waals surface area contributed by atoms with Gasteiger partial charge in [-0.15, -0.1) is 0 Å². The molecule has 0 spiro atoms. The van der Waals surface area contributed by atoms with Crippen LogP contribution >= 0.6 is 11.6 Å². The fraction of sp³-hybridized carbons (Fsp3) is 0.167. The summed E-state index contributed by atoms with van der Waals surface area (Å²) in [6, 6.07) is 7.23. The van der Waals surface area contributed by atoms with Crippen LogP contribution in [0.2, 0.25) is 5.02 Å². The average Bonchev–Trinajstić information content (AvgIpc) is 2.38. The molecule has 0 fully saturated rings. The monoisotopic (exact) mass is 249 g/mol. The predicted molar refractivity (Wildman–Crippen MR) is 68.6 cm³/mol. The molecule has 0 bridgehead atoms. The standard InChI is InChI=1S/C12H12ClN3O/c1-14-10-6-7-15-12(16-10)11-8(13)4-3-5-9(11)17-2/h3-7H,1-2H3,(H,14,15,16). The highest BCUT2D eigenvalue weighted by molar-refractivity contribution is 6.33. The van der Waals surface area contributed by atoms with Gasteiger partial charge >= 0.3 is 0 Å². The first-order valence-electron chi connectivity index (χ1n) is 5.10. The quantitative estimate of drug-likeness (QED) is 0.909. The van der Waals surface area contributed by atoms with Crippen molar-refractivity contribution in [1.29, 1.82) is 0 Å². The first kappa shape index (κ1) is 11.7. The lowest BCUT2D eigenvalue weighted by atomic mass is 10.2. The second-order valence-corrected chi connectivity index (χ2v) is 3.74. The molecular formula is C12H12ClN3O. The number of hydrogen-bond donors (Lipinski definition) is 1. The number of hydrogen-bond acceptors (Lipinski definition) is 4. The molecule has 0 aliphatic carbocycles. The van der Waals surface area contributed by atoms with Crippen LogP contribution in [-0.4, -0.2) is 24.1 Å². The van der Waals surface area contributed by atoms with Crippen LogP contribution < -0.4 is 10.1 Å². The number of rotatable bonds is 3. The number of anilines is 1. The van der Waals surface area contributed by atoms with E-state index in [-0.39, 0.29) is 0 Å². The minimum atomic E-state index is 0.541. The van der Waals surface area contributed by atoms with Crippen molar-refractivity contribution in [2.75, 3.05) is 19.5 Å². The minimum Gasteiger partial charge on any atom is -0.496 e. The van der Waals surface area contributed by atoms with Gasteiger partial charge in [0.1, 0.15) is 11.6 Å². The smallest absolute Gasteiger partial charge is 0.166 e. The SMILES string of the molecule is CNc1ccnc(-c2c(Cl)cccc2OC)n1. The summed E-state index contributed by atoms with van der Waals surface area (Å²) < 4.78 is 5.27. The molecule has 0 unspecified atom stereocenters. The molecule has 0 amide bonds. The van der Waals surface area contributed by atoms with Crippen LogP contribution in [0.1, 0.15) is 0 Å². The molecule has 1 heterocycles. The Morgan fingerprint density at radius 1 is 1.29 bits per heavy atom. The molecule has 88 valence electrons. The van der Waals surface area contributed by atoms with E-state index in [1.807, 2.05) is 12.1 Å². The third-order valence-electron chi connectivity index (χ3n) is 2.33. The number of aromatic nitrogens is 2. The van der Waals surface area contributed by atoms with Crippen LogP contribution in [0.15, 0.2) is 30.5 Å². The fourth-order valence-electron chi connectivity index (χ4n) is 1.51. The molecule has 4 nitrogen and oxygen atoms in total. The van der Waals surface area contributed by atoms with Gasteiger partial charge in [-0.2, -0.15) is 0 Å². The molecule has 2 rings (SSSR count). The second kappa shape index (κ2) is 5.01. The van der Waals surface area contributed by atoms with E-state index in [2.05, 4.69) is 15.3 Å². The van der Waals surface area contributed by atoms with Gasteiger partial charge < -0.3 is 10.1 Å². The Hall–Kier alpha value is -1.81. The van der Waals surface area contributed by atoms with Gasteiger partial charge in [0.25, 0.3) is 0 Å². The molecule has 0 aliphatic heterocycles. The Bertz CT molecular complexity index is 531. The lowest BCUT2D eigenvalue weighted by molar-refractivity contribution is 0.416. The Labute approximate surface area is 105 Å². The van der Waals surface area contributed by atoms with Gasteiger partial charge in [-0.05, 0) is 18.2 Å². The molecule has 0 radical (unpaired) electrons. The summed E-state index contributed by atoms with van der Waals surface area (Å²) in [7, 11) is 3.40. The fourth-order valence-corrected chi connectivity index (χ4v) is 1.76. The van der Waals surface area contributed by atoms with Crippen molar-refractivity contribution in [2.24, 2.45) is 0 Å². The third kappa shape index (κ3) is 2.31. The third-order valence-corrected chi connectivity index (χ3v) is 2.65. The summed E-state index contributed by atoms with van der Waals surface area (Å²) in [5.41, 5.74) is 0.703. The molecule has 0 atom stereocenters. The zero-order valence-corrected chi connectivity index (χ0v) is 10.3. The van der Waals surface area contributed by atoms with Crippen molar-refractivity contribution < 1.29 is 4.74 Å². The average molecular weight is 250 g/mol. The lowest BCUT2D eigenvalue weighted by Crippen LogP contribution is -1.97. The van der Waals surface area contributed by atoms with Gasteiger partial charge in [-0.3, -0.25) is 0 Å². The summed E-state index contributed by atoms with van der Waals surface area (Å²) in [6.07, 6.45) is 1.68. The molecule has 17 heavy (non-hydrogen) atoms. The van der Waals surface area contributed by atoms with E-state index in [1.54, 1.807) is 32.5 Å².